The number of benzene rings is 3. The van der Waals surface area contributed by atoms with Crippen molar-refractivity contribution in [2.45, 2.75) is 6.92 Å². The summed E-state index contributed by atoms with van der Waals surface area (Å²) in [5, 5.41) is 7.75. The fourth-order valence-electron chi connectivity index (χ4n) is 3.11. The van der Waals surface area contributed by atoms with Crippen LogP contribution in [0.5, 0.6) is 5.75 Å². The first kappa shape index (κ1) is 20.6. The second-order valence-electron chi connectivity index (χ2n) is 6.72. The summed E-state index contributed by atoms with van der Waals surface area (Å²) in [4.78, 5) is 17.4. The molecule has 0 spiro atoms. The summed E-state index contributed by atoms with van der Waals surface area (Å²) in [5.41, 5.74) is 2.53. The average Bonchev–Trinajstić information content (AvgIpc) is 3.22. The molecule has 4 rings (SSSR count). The van der Waals surface area contributed by atoms with Crippen molar-refractivity contribution in [2.24, 2.45) is 0 Å². The normalized spacial score (nSPS) is 10.7. The van der Waals surface area contributed by atoms with Crippen LogP contribution in [-0.4, -0.2) is 27.8 Å². The number of amides is 1. The van der Waals surface area contributed by atoms with Crippen LogP contribution in [-0.2, 0) is 0 Å². The second-order valence-corrected chi connectivity index (χ2v) is 7.12. The van der Waals surface area contributed by atoms with Gasteiger partial charge in [0.25, 0.3) is 5.91 Å². The van der Waals surface area contributed by atoms with Gasteiger partial charge in [0.15, 0.2) is 5.82 Å². The highest BCUT2D eigenvalue weighted by Gasteiger charge is 2.21. The van der Waals surface area contributed by atoms with Crippen molar-refractivity contribution in [3.8, 4) is 22.8 Å². The third-order valence-corrected chi connectivity index (χ3v) is 5.14. The van der Waals surface area contributed by atoms with E-state index in [-0.39, 0.29) is 11.6 Å². The molecule has 0 radical (unpaired) electrons. The van der Waals surface area contributed by atoms with Crippen molar-refractivity contribution in [1.82, 2.24) is 14.8 Å². The average molecular weight is 437 g/mol. The molecular weight excluding hydrogens is 419 g/mol. The molecule has 0 saturated carbocycles. The quantitative estimate of drug-likeness (QED) is 0.461. The number of hydrogen-bond acceptors (Lipinski definition) is 4. The monoisotopic (exact) mass is 436 g/mol. The summed E-state index contributed by atoms with van der Waals surface area (Å²) >= 11 is 6.29. The van der Waals surface area contributed by atoms with Gasteiger partial charge in [0.2, 0.25) is 5.82 Å². The molecule has 0 aliphatic rings. The number of methoxy groups -OCH3 is 1. The highest BCUT2D eigenvalue weighted by atomic mass is 35.5. The molecular formula is C23H18ClFN4O2. The summed E-state index contributed by atoms with van der Waals surface area (Å²) in [6, 6.07) is 18.2. The molecule has 3 aromatic carbocycles. The molecule has 6 nitrogen and oxygen atoms in total. The summed E-state index contributed by atoms with van der Waals surface area (Å²) < 4.78 is 20.3. The van der Waals surface area contributed by atoms with Gasteiger partial charge in [-0.15, -0.1) is 5.10 Å². The molecule has 1 aromatic heterocycles. The van der Waals surface area contributed by atoms with Crippen molar-refractivity contribution in [3.05, 3.63) is 89.0 Å². The number of aromatic nitrogens is 3. The van der Waals surface area contributed by atoms with E-state index in [4.69, 9.17) is 16.3 Å². The minimum Gasteiger partial charge on any atom is -0.495 e. The summed E-state index contributed by atoms with van der Waals surface area (Å²) in [7, 11) is 1.52. The minimum absolute atomic E-state index is 0.0513. The number of halogens is 2. The maximum absolute atomic E-state index is 13.5. The maximum Gasteiger partial charge on any atom is 0.295 e. The van der Waals surface area contributed by atoms with Crippen LogP contribution in [0.25, 0.3) is 17.1 Å². The minimum atomic E-state index is -0.508. The third-order valence-electron chi connectivity index (χ3n) is 4.74. The fourth-order valence-corrected chi connectivity index (χ4v) is 3.28. The van der Waals surface area contributed by atoms with Crippen molar-refractivity contribution >= 4 is 23.2 Å². The Labute approximate surface area is 183 Å². The molecule has 0 unspecified atom stereocenters. The molecule has 0 atom stereocenters. The Balaban J connectivity index is 1.80. The number of para-hydroxylation sites is 2. The maximum atomic E-state index is 13.5. The van der Waals surface area contributed by atoms with Gasteiger partial charge in [-0.05, 0) is 61.0 Å². The zero-order valence-electron chi connectivity index (χ0n) is 16.8. The molecule has 8 heteroatoms. The van der Waals surface area contributed by atoms with Crippen LogP contribution in [0, 0.1) is 12.7 Å². The van der Waals surface area contributed by atoms with E-state index in [1.54, 1.807) is 48.5 Å². The zero-order valence-corrected chi connectivity index (χ0v) is 17.5. The van der Waals surface area contributed by atoms with Crippen molar-refractivity contribution in [2.75, 3.05) is 12.4 Å². The van der Waals surface area contributed by atoms with E-state index < -0.39 is 5.91 Å². The number of carbonyl (C=O) groups excluding carboxylic acids is 1. The lowest BCUT2D eigenvalue weighted by Crippen LogP contribution is -2.15. The summed E-state index contributed by atoms with van der Waals surface area (Å²) in [6.45, 7) is 1.85. The van der Waals surface area contributed by atoms with Gasteiger partial charge in [-0.1, -0.05) is 29.8 Å². The lowest BCUT2D eigenvalue weighted by atomic mass is 10.1. The van der Waals surface area contributed by atoms with Gasteiger partial charge in [-0.3, -0.25) is 4.79 Å². The number of rotatable bonds is 5. The molecule has 1 amide bonds. The molecule has 0 aliphatic heterocycles. The lowest BCUT2D eigenvalue weighted by molar-refractivity contribution is 0.101. The smallest absolute Gasteiger partial charge is 0.295 e. The van der Waals surface area contributed by atoms with Crippen LogP contribution in [0.4, 0.5) is 10.1 Å². The molecule has 156 valence electrons. The molecule has 0 aliphatic carbocycles. The van der Waals surface area contributed by atoms with E-state index in [1.807, 2.05) is 13.0 Å². The third kappa shape index (κ3) is 4.13. The van der Waals surface area contributed by atoms with Gasteiger partial charge in [-0.2, -0.15) is 0 Å². The van der Waals surface area contributed by atoms with Crippen LogP contribution in [0.1, 0.15) is 16.2 Å². The highest BCUT2D eigenvalue weighted by molar-refractivity contribution is 6.31. The Hall–Kier alpha value is -3.71. The second kappa shape index (κ2) is 8.57. The van der Waals surface area contributed by atoms with E-state index in [0.29, 0.717) is 33.5 Å². The van der Waals surface area contributed by atoms with E-state index in [1.165, 1.54) is 23.9 Å². The van der Waals surface area contributed by atoms with Gasteiger partial charge in [0.05, 0.1) is 18.5 Å². The van der Waals surface area contributed by atoms with Gasteiger partial charge < -0.3 is 10.1 Å². The topological polar surface area (TPSA) is 69.0 Å². The first-order chi connectivity index (χ1) is 15.0. The standard InChI is InChI=1S/C23H18ClFN4O2/c1-14-17(24)6-5-8-19(14)29-22(15-10-12-16(25)13-11-15)27-21(28-29)23(30)26-18-7-3-4-9-20(18)31-2/h3-13H,1-2H3,(H,26,30). The molecule has 0 saturated heterocycles. The molecule has 0 fully saturated rings. The van der Waals surface area contributed by atoms with Crippen LogP contribution < -0.4 is 10.1 Å². The molecule has 1 heterocycles. The Bertz CT molecular complexity index is 1250. The van der Waals surface area contributed by atoms with E-state index in [9.17, 15) is 9.18 Å². The zero-order chi connectivity index (χ0) is 22.0. The summed E-state index contributed by atoms with van der Waals surface area (Å²) in [6.07, 6.45) is 0. The van der Waals surface area contributed by atoms with Crippen molar-refractivity contribution < 1.29 is 13.9 Å². The van der Waals surface area contributed by atoms with Crippen LogP contribution in [0.15, 0.2) is 66.7 Å². The predicted molar refractivity (Wildman–Crippen MR) is 117 cm³/mol. The molecule has 4 aromatic rings. The van der Waals surface area contributed by atoms with Gasteiger partial charge in [0, 0.05) is 10.6 Å². The molecule has 31 heavy (non-hydrogen) atoms. The van der Waals surface area contributed by atoms with Crippen molar-refractivity contribution in [1.29, 1.82) is 0 Å². The van der Waals surface area contributed by atoms with Crippen LogP contribution >= 0.6 is 11.6 Å². The number of nitrogens with zero attached hydrogens (tertiary/aromatic N) is 3. The van der Waals surface area contributed by atoms with E-state index >= 15 is 0 Å². The Morgan fingerprint density at radius 1 is 1.06 bits per heavy atom. The van der Waals surface area contributed by atoms with Gasteiger partial charge in [0.1, 0.15) is 11.6 Å². The van der Waals surface area contributed by atoms with Crippen molar-refractivity contribution in [3.63, 3.8) is 0 Å². The first-order valence-corrected chi connectivity index (χ1v) is 9.78. The van der Waals surface area contributed by atoms with Gasteiger partial charge in [-0.25, -0.2) is 14.1 Å². The van der Waals surface area contributed by atoms with E-state index in [0.717, 1.165) is 5.56 Å². The molecule has 0 bridgehead atoms. The van der Waals surface area contributed by atoms with Gasteiger partial charge >= 0.3 is 0 Å². The summed E-state index contributed by atoms with van der Waals surface area (Å²) in [5.74, 6) is -0.0333. The highest BCUT2D eigenvalue weighted by Crippen LogP contribution is 2.28. The number of nitrogens with one attached hydrogen (secondary N) is 1. The SMILES string of the molecule is COc1ccccc1NC(=O)c1nc(-c2ccc(F)cc2)n(-c2cccc(Cl)c2C)n1. The molecule has 1 N–H and O–H groups in total. The van der Waals surface area contributed by atoms with Crippen LogP contribution in [0.3, 0.4) is 0 Å². The fraction of sp³-hybridized carbons (Fsp3) is 0.0870. The number of carbonyl (C=O) groups is 1. The Kier molecular flexibility index (Phi) is 5.68. The largest absolute Gasteiger partial charge is 0.495 e. The Morgan fingerprint density at radius 3 is 2.55 bits per heavy atom. The number of ether oxygens (including phenoxy) is 1. The lowest BCUT2D eigenvalue weighted by Gasteiger charge is -2.10. The number of hydrogen-bond donors (Lipinski definition) is 1. The van der Waals surface area contributed by atoms with E-state index in [2.05, 4.69) is 15.4 Å². The van der Waals surface area contributed by atoms with Crippen LogP contribution in [0.2, 0.25) is 5.02 Å². The Morgan fingerprint density at radius 2 is 1.81 bits per heavy atom. The first-order valence-electron chi connectivity index (χ1n) is 9.41. The predicted octanol–water partition coefficient (Wildman–Crippen LogP) is 5.30. The number of anilines is 1.